The molecule has 2 N–H and O–H groups in total. The quantitative estimate of drug-likeness (QED) is 0.859. The molecule has 2 aromatic carbocycles. The minimum absolute atomic E-state index is 0.159. The maximum atomic E-state index is 12.6. The Hall–Kier alpha value is -2.29. The summed E-state index contributed by atoms with van der Waals surface area (Å²) in [5.41, 5.74) is 11.0. The van der Waals surface area contributed by atoms with Crippen molar-refractivity contribution in [3.63, 3.8) is 0 Å². The van der Waals surface area contributed by atoms with E-state index >= 15 is 0 Å². The van der Waals surface area contributed by atoms with Gasteiger partial charge >= 0.3 is 0 Å². The van der Waals surface area contributed by atoms with E-state index in [0.717, 1.165) is 36.3 Å². The molecule has 0 aliphatic carbocycles. The highest BCUT2D eigenvalue weighted by Gasteiger charge is 2.22. The zero-order valence-electron chi connectivity index (χ0n) is 12.3. The second-order valence-corrected chi connectivity index (χ2v) is 5.70. The lowest BCUT2D eigenvalue weighted by Gasteiger charge is -2.30. The summed E-state index contributed by atoms with van der Waals surface area (Å²) in [6, 6.07) is 13.9. The fraction of sp³-hybridized carbons (Fsp3) is 0.278. The molecule has 108 valence electrons. The number of carbonyl (C=O) groups is 1. The third-order valence-corrected chi connectivity index (χ3v) is 4.00. The summed E-state index contributed by atoms with van der Waals surface area (Å²) < 4.78 is 0. The van der Waals surface area contributed by atoms with Gasteiger partial charge in [0.05, 0.1) is 6.42 Å². The van der Waals surface area contributed by atoms with Crippen molar-refractivity contribution in [3.05, 3.63) is 59.2 Å². The molecule has 1 heterocycles. The van der Waals surface area contributed by atoms with Gasteiger partial charge in [-0.05, 0) is 54.7 Å². The van der Waals surface area contributed by atoms with Crippen LogP contribution in [0.25, 0.3) is 0 Å². The number of nitrogens with two attached hydrogens (primary N) is 1. The van der Waals surface area contributed by atoms with E-state index in [-0.39, 0.29) is 5.91 Å². The molecule has 0 fully saturated rings. The monoisotopic (exact) mass is 280 g/mol. The summed E-state index contributed by atoms with van der Waals surface area (Å²) in [7, 11) is 0. The van der Waals surface area contributed by atoms with E-state index in [0.29, 0.717) is 6.42 Å². The van der Waals surface area contributed by atoms with E-state index < -0.39 is 0 Å². The smallest absolute Gasteiger partial charge is 0.231 e. The van der Waals surface area contributed by atoms with Gasteiger partial charge in [0.25, 0.3) is 0 Å². The number of aryl methyl sites for hydroxylation is 2. The fourth-order valence-corrected chi connectivity index (χ4v) is 2.85. The van der Waals surface area contributed by atoms with Crippen molar-refractivity contribution in [2.24, 2.45) is 0 Å². The Morgan fingerprint density at radius 1 is 1.19 bits per heavy atom. The first-order chi connectivity index (χ1) is 10.1. The molecule has 0 aromatic heterocycles. The molecule has 1 aliphatic heterocycles. The number of hydrogen-bond donors (Lipinski definition) is 1. The average molecular weight is 280 g/mol. The Kier molecular flexibility index (Phi) is 3.65. The number of benzene rings is 2. The van der Waals surface area contributed by atoms with Gasteiger partial charge in [0, 0.05) is 17.9 Å². The summed E-state index contributed by atoms with van der Waals surface area (Å²) >= 11 is 0. The van der Waals surface area contributed by atoms with E-state index in [1.165, 1.54) is 11.1 Å². The highest BCUT2D eigenvalue weighted by Crippen LogP contribution is 2.28. The predicted molar refractivity (Wildman–Crippen MR) is 86.4 cm³/mol. The van der Waals surface area contributed by atoms with Crippen molar-refractivity contribution in [2.75, 3.05) is 17.2 Å². The number of hydrogen-bond acceptors (Lipinski definition) is 2. The van der Waals surface area contributed by atoms with Crippen LogP contribution in [-0.2, 0) is 17.6 Å². The zero-order valence-corrected chi connectivity index (χ0v) is 12.3. The van der Waals surface area contributed by atoms with Crippen LogP contribution in [0.4, 0.5) is 11.4 Å². The van der Waals surface area contributed by atoms with Crippen LogP contribution < -0.4 is 10.6 Å². The SMILES string of the molecule is Cc1ccc2c(c1)N(C(=O)Cc1ccc(N)cc1)CCC2. The Morgan fingerprint density at radius 2 is 1.95 bits per heavy atom. The van der Waals surface area contributed by atoms with Crippen molar-refractivity contribution in [2.45, 2.75) is 26.2 Å². The van der Waals surface area contributed by atoms with Crippen molar-refractivity contribution >= 4 is 17.3 Å². The highest BCUT2D eigenvalue weighted by molar-refractivity contribution is 5.96. The predicted octanol–water partition coefficient (Wildman–Crippen LogP) is 3.10. The first kappa shape index (κ1) is 13.7. The minimum Gasteiger partial charge on any atom is -0.399 e. The number of anilines is 2. The Labute approximate surface area is 125 Å². The van der Waals surface area contributed by atoms with Gasteiger partial charge in [-0.3, -0.25) is 4.79 Å². The number of nitrogens with zero attached hydrogens (tertiary/aromatic N) is 1. The number of fused-ring (bicyclic) bond motifs is 1. The van der Waals surface area contributed by atoms with Gasteiger partial charge in [0.15, 0.2) is 0 Å². The third-order valence-electron chi connectivity index (χ3n) is 4.00. The maximum absolute atomic E-state index is 12.6. The van der Waals surface area contributed by atoms with Crippen LogP contribution >= 0.6 is 0 Å². The Balaban J connectivity index is 1.83. The molecule has 0 unspecified atom stereocenters. The normalized spacial score (nSPS) is 13.9. The Morgan fingerprint density at radius 3 is 2.71 bits per heavy atom. The van der Waals surface area contributed by atoms with Gasteiger partial charge in [0.1, 0.15) is 0 Å². The van der Waals surface area contributed by atoms with Crippen molar-refractivity contribution in [3.8, 4) is 0 Å². The van der Waals surface area contributed by atoms with Crippen LogP contribution in [0.15, 0.2) is 42.5 Å². The minimum atomic E-state index is 0.159. The van der Waals surface area contributed by atoms with Crippen LogP contribution in [0.5, 0.6) is 0 Å². The van der Waals surface area contributed by atoms with Gasteiger partial charge in [-0.25, -0.2) is 0 Å². The van der Waals surface area contributed by atoms with Crippen LogP contribution in [0.3, 0.4) is 0 Å². The molecular formula is C18H20N2O. The molecule has 21 heavy (non-hydrogen) atoms. The molecule has 0 saturated heterocycles. The number of rotatable bonds is 2. The molecule has 0 saturated carbocycles. The van der Waals surface area contributed by atoms with Crippen molar-refractivity contribution in [1.82, 2.24) is 0 Å². The van der Waals surface area contributed by atoms with E-state index in [1.807, 2.05) is 29.2 Å². The molecule has 0 radical (unpaired) electrons. The van der Waals surface area contributed by atoms with Crippen LogP contribution in [0, 0.1) is 6.92 Å². The molecule has 3 nitrogen and oxygen atoms in total. The summed E-state index contributed by atoms with van der Waals surface area (Å²) in [5.74, 6) is 0.159. The lowest BCUT2D eigenvalue weighted by molar-refractivity contribution is -0.118. The van der Waals surface area contributed by atoms with Crippen molar-refractivity contribution in [1.29, 1.82) is 0 Å². The maximum Gasteiger partial charge on any atom is 0.231 e. The molecule has 3 heteroatoms. The average Bonchev–Trinajstić information content (AvgIpc) is 2.49. The van der Waals surface area contributed by atoms with Crippen LogP contribution in [0.1, 0.15) is 23.1 Å². The first-order valence-electron chi connectivity index (χ1n) is 7.38. The summed E-state index contributed by atoms with van der Waals surface area (Å²) in [6.07, 6.45) is 2.51. The van der Waals surface area contributed by atoms with Gasteiger partial charge in [-0.2, -0.15) is 0 Å². The third kappa shape index (κ3) is 2.92. The lowest BCUT2D eigenvalue weighted by atomic mass is 9.99. The molecule has 3 rings (SSSR count). The van der Waals surface area contributed by atoms with Crippen LogP contribution in [-0.4, -0.2) is 12.5 Å². The molecule has 0 atom stereocenters. The molecule has 0 spiro atoms. The standard InChI is InChI=1S/C18H20N2O/c1-13-4-7-15-3-2-10-20(17(15)11-13)18(21)12-14-5-8-16(19)9-6-14/h4-9,11H,2-3,10,12,19H2,1H3. The molecule has 1 amide bonds. The first-order valence-corrected chi connectivity index (χ1v) is 7.38. The number of nitrogen functional groups attached to an aromatic ring is 1. The van der Waals surface area contributed by atoms with E-state index in [9.17, 15) is 4.79 Å². The molecular weight excluding hydrogens is 260 g/mol. The molecule has 0 bridgehead atoms. The van der Waals surface area contributed by atoms with Gasteiger partial charge in [-0.15, -0.1) is 0 Å². The number of carbonyl (C=O) groups excluding carboxylic acids is 1. The lowest BCUT2D eigenvalue weighted by Crippen LogP contribution is -2.36. The molecule has 2 aromatic rings. The summed E-state index contributed by atoms with van der Waals surface area (Å²) in [5, 5.41) is 0. The second-order valence-electron chi connectivity index (χ2n) is 5.70. The fourth-order valence-electron chi connectivity index (χ4n) is 2.85. The topological polar surface area (TPSA) is 46.3 Å². The van der Waals surface area contributed by atoms with E-state index in [2.05, 4.69) is 25.1 Å². The van der Waals surface area contributed by atoms with Gasteiger partial charge < -0.3 is 10.6 Å². The van der Waals surface area contributed by atoms with Crippen LogP contribution in [0.2, 0.25) is 0 Å². The molecule has 1 aliphatic rings. The van der Waals surface area contributed by atoms with Crippen molar-refractivity contribution < 1.29 is 4.79 Å². The highest BCUT2D eigenvalue weighted by atomic mass is 16.2. The zero-order chi connectivity index (χ0) is 14.8. The van der Waals surface area contributed by atoms with E-state index in [1.54, 1.807) is 0 Å². The largest absolute Gasteiger partial charge is 0.399 e. The van der Waals surface area contributed by atoms with Gasteiger partial charge in [0.2, 0.25) is 5.91 Å². The summed E-state index contributed by atoms with van der Waals surface area (Å²) in [6.45, 7) is 2.88. The summed E-state index contributed by atoms with van der Waals surface area (Å²) in [4.78, 5) is 14.6. The second kappa shape index (κ2) is 5.60. The van der Waals surface area contributed by atoms with E-state index in [4.69, 9.17) is 5.73 Å². The van der Waals surface area contributed by atoms with Gasteiger partial charge in [-0.1, -0.05) is 24.3 Å². The number of amides is 1. The Bertz CT molecular complexity index is 661.